The van der Waals surface area contributed by atoms with E-state index in [2.05, 4.69) is 0 Å². The van der Waals surface area contributed by atoms with E-state index in [9.17, 15) is 18.7 Å². The van der Waals surface area contributed by atoms with Crippen molar-refractivity contribution in [2.75, 3.05) is 46.2 Å². The number of methoxy groups -OCH3 is 1. The zero-order valence-corrected chi connectivity index (χ0v) is 27.3. The lowest BCUT2D eigenvalue weighted by Crippen LogP contribution is -2.44. The van der Waals surface area contributed by atoms with E-state index in [1.54, 1.807) is 27.9 Å². The molecule has 42 heavy (non-hydrogen) atoms. The van der Waals surface area contributed by atoms with E-state index in [0.717, 1.165) is 10.1 Å². The molecule has 14 heteroatoms. The van der Waals surface area contributed by atoms with Crippen LogP contribution in [0.4, 0.5) is 0 Å². The largest absolute Gasteiger partial charge is 0.382 e. The van der Waals surface area contributed by atoms with Crippen LogP contribution in [0.1, 0.15) is 38.1 Å². The molecule has 0 N–H and O–H groups in total. The van der Waals surface area contributed by atoms with Gasteiger partial charge in [0.15, 0.2) is 6.23 Å². The second-order valence-electron chi connectivity index (χ2n) is 10.9. The fraction of sp³-hybridized carbons (Fsp3) is 0.643. The van der Waals surface area contributed by atoms with Crippen LogP contribution in [0.15, 0.2) is 46.1 Å². The van der Waals surface area contributed by atoms with Crippen molar-refractivity contribution >= 4 is 14.7 Å². The molecule has 0 bridgehead atoms. The Kier molecular flexibility index (Phi) is 12.5. The monoisotopic (exact) mass is 630 g/mol. The topological polar surface area (TPSA) is 134 Å². The lowest BCUT2D eigenvalue weighted by atomic mass is 9.97. The minimum Gasteiger partial charge on any atom is -0.382 e. The number of rotatable bonds is 16. The van der Waals surface area contributed by atoms with Gasteiger partial charge < -0.3 is 32.6 Å². The minimum atomic E-state index is -3.72. The van der Waals surface area contributed by atoms with Gasteiger partial charge in [0.25, 0.3) is 5.56 Å². The zero-order chi connectivity index (χ0) is 31.1. The van der Waals surface area contributed by atoms with E-state index >= 15 is 0 Å². The van der Waals surface area contributed by atoms with Crippen molar-refractivity contribution in [2.24, 2.45) is 5.92 Å². The molecule has 6 atom stereocenters. The van der Waals surface area contributed by atoms with Crippen LogP contribution >= 0.6 is 14.7 Å². The zero-order valence-electron chi connectivity index (χ0n) is 25.5. The van der Waals surface area contributed by atoms with E-state index in [0.29, 0.717) is 12.2 Å². The number of ether oxygens (including phenoxy) is 4. The third-order valence-corrected chi connectivity index (χ3v) is 12.2. The minimum absolute atomic E-state index is 0.124. The third kappa shape index (κ3) is 9.07. The number of aryl methyl sites for hydroxylation is 1. The van der Waals surface area contributed by atoms with Crippen LogP contribution in [0.5, 0.6) is 0 Å². The lowest BCUT2D eigenvalue weighted by Gasteiger charge is -2.28. The molecule has 0 aliphatic carbocycles. The molecule has 2 aromatic rings. The molecule has 2 heterocycles. The van der Waals surface area contributed by atoms with Crippen molar-refractivity contribution in [2.45, 2.75) is 65.6 Å². The van der Waals surface area contributed by atoms with E-state index < -0.39 is 50.5 Å². The average molecular weight is 631 g/mol. The van der Waals surface area contributed by atoms with Gasteiger partial charge in [-0.1, -0.05) is 37.3 Å². The standard InChI is InChI=1S/C28H44N2O10P2/c1-8-38-42(34,19-41(6,7)33)40-22(4)24-21(3)25(37-15-14-35-5)27(39-24)29-16-20(2)26(31)30(28(29)32)18-36-17-23-12-10-9-11-13-23/h9-13,16,21-22,24-25,27H,8,14-15,17-19H2,1-7H3/t21-,22+,24+,25-,27-,42?/m1/s1. The number of benzene rings is 1. The molecule has 1 aliphatic rings. The first-order valence-corrected chi connectivity index (χ1v) is 18.5. The lowest BCUT2D eigenvalue weighted by molar-refractivity contribution is -0.0892. The highest BCUT2D eigenvalue weighted by Crippen LogP contribution is 2.60. The van der Waals surface area contributed by atoms with Gasteiger partial charge in [-0.3, -0.25) is 13.9 Å². The van der Waals surface area contributed by atoms with Crippen LogP contribution in [0.25, 0.3) is 0 Å². The van der Waals surface area contributed by atoms with Crippen molar-refractivity contribution < 1.29 is 37.1 Å². The summed E-state index contributed by atoms with van der Waals surface area (Å²) in [5.41, 5.74) is 0.131. The molecule has 1 aromatic carbocycles. The van der Waals surface area contributed by atoms with Gasteiger partial charge in [0, 0.05) is 24.8 Å². The number of nitrogens with zero attached hydrogens (tertiary/aromatic N) is 2. The number of hydrogen-bond donors (Lipinski definition) is 0. The van der Waals surface area contributed by atoms with Gasteiger partial charge in [-0.25, -0.2) is 9.36 Å². The maximum absolute atomic E-state index is 13.7. The van der Waals surface area contributed by atoms with Crippen LogP contribution in [0.2, 0.25) is 0 Å². The molecule has 1 aromatic heterocycles. The highest BCUT2D eigenvalue weighted by Gasteiger charge is 2.48. The Morgan fingerprint density at radius 1 is 1.10 bits per heavy atom. The summed E-state index contributed by atoms with van der Waals surface area (Å²) in [6.45, 7) is 10.6. The fourth-order valence-corrected chi connectivity index (χ4v) is 10.00. The molecule has 12 nitrogen and oxygen atoms in total. The van der Waals surface area contributed by atoms with Crippen LogP contribution in [-0.2, 0) is 50.5 Å². The van der Waals surface area contributed by atoms with Crippen molar-refractivity contribution in [1.82, 2.24) is 9.13 Å². The summed E-state index contributed by atoms with van der Waals surface area (Å²) in [7, 11) is -4.91. The van der Waals surface area contributed by atoms with E-state index in [-0.39, 0.29) is 38.4 Å². The van der Waals surface area contributed by atoms with Gasteiger partial charge in [-0.2, -0.15) is 0 Å². The molecule has 1 aliphatic heterocycles. The number of aromatic nitrogens is 2. The molecule has 0 spiro atoms. The first kappa shape index (κ1) is 34.6. The van der Waals surface area contributed by atoms with Gasteiger partial charge in [0.1, 0.15) is 18.7 Å². The summed E-state index contributed by atoms with van der Waals surface area (Å²) in [4.78, 5) is 26.6. The fourth-order valence-electron chi connectivity index (χ4n) is 4.99. The van der Waals surface area contributed by atoms with Crippen LogP contribution in [0, 0.1) is 12.8 Å². The predicted octanol–water partition coefficient (Wildman–Crippen LogP) is 4.27. The van der Waals surface area contributed by atoms with Gasteiger partial charge in [0.05, 0.1) is 45.8 Å². The van der Waals surface area contributed by atoms with E-state index in [4.69, 9.17) is 28.0 Å². The highest BCUT2D eigenvalue weighted by molar-refractivity contribution is 7.75. The maximum Gasteiger partial charge on any atom is 0.338 e. The van der Waals surface area contributed by atoms with E-state index in [1.165, 1.54) is 24.1 Å². The van der Waals surface area contributed by atoms with Crippen molar-refractivity contribution in [1.29, 1.82) is 0 Å². The van der Waals surface area contributed by atoms with Gasteiger partial charge in [0.2, 0.25) is 0 Å². The van der Waals surface area contributed by atoms with Crippen molar-refractivity contribution in [3.63, 3.8) is 0 Å². The summed E-state index contributed by atoms with van der Waals surface area (Å²) in [6.07, 6.45) is -1.56. The molecule has 0 amide bonds. The summed E-state index contributed by atoms with van der Waals surface area (Å²) >= 11 is 0. The smallest absolute Gasteiger partial charge is 0.338 e. The van der Waals surface area contributed by atoms with E-state index in [1.807, 2.05) is 37.3 Å². The van der Waals surface area contributed by atoms with Crippen LogP contribution < -0.4 is 11.2 Å². The SMILES string of the molecule is CCOP(=O)(CP(C)(C)=O)O[C@@H](C)[C@H]1O[C@@H](n2cc(C)c(=O)n(COCc3ccccc3)c2=O)[C@H](OCCOC)[C@@H]1C. The van der Waals surface area contributed by atoms with Crippen LogP contribution in [-0.4, -0.2) is 73.6 Å². The summed E-state index contributed by atoms with van der Waals surface area (Å²) in [5, 5.41) is 0. The molecule has 3 rings (SSSR count). The molecule has 1 fully saturated rings. The number of hydrogen-bond acceptors (Lipinski definition) is 10. The third-order valence-electron chi connectivity index (χ3n) is 6.81. The molecular weight excluding hydrogens is 586 g/mol. The van der Waals surface area contributed by atoms with Crippen molar-refractivity contribution in [3.05, 3.63) is 68.5 Å². The Bertz CT molecular complexity index is 1370. The molecule has 1 saturated heterocycles. The molecule has 236 valence electrons. The normalized spacial score (nSPS) is 23.1. The van der Waals surface area contributed by atoms with Gasteiger partial charge in [-0.05, 0) is 39.7 Å². The summed E-state index contributed by atoms with van der Waals surface area (Å²) in [5.74, 6) is -0.544. The predicted molar refractivity (Wildman–Crippen MR) is 160 cm³/mol. The Balaban J connectivity index is 1.91. The molecule has 1 unspecified atom stereocenters. The van der Waals surface area contributed by atoms with Crippen LogP contribution in [0.3, 0.4) is 0 Å². The Labute approximate surface area is 247 Å². The molecule has 0 radical (unpaired) electrons. The summed E-state index contributed by atoms with van der Waals surface area (Å²) < 4.78 is 63.2. The molecule has 0 saturated carbocycles. The Morgan fingerprint density at radius 2 is 1.79 bits per heavy atom. The quantitative estimate of drug-likeness (QED) is 0.196. The first-order chi connectivity index (χ1) is 19.8. The second kappa shape index (κ2) is 15.2. The van der Waals surface area contributed by atoms with Gasteiger partial charge >= 0.3 is 13.3 Å². The summed E-state index contributed by atoms with van der Waals surface area (Å²) in [6, 6.07) is 9.43. The highest BCUT2D eigenvalue weighted by atomic mass is 31.2. The van der Waals surface area contributed by atoms with Crippen molar-refractivity contribution in [3.8, 4) is 0 Å². The Hall–Kier alpha value is -1.88. The molecular formula is C28H44N2O10P2. The first-order valence-electron chi connectivity index (χ1n) is 14.0. The average Bonchev–Trinajstić information content (AvgIpc) is 3.23. The second-order valence-corrected chi connectivity index (χ2v) is 16.9. The maximum atomic E-state index is 13.7. The van der Waals surface area contributed by atoms with Gasteiger partial charge in [-0.15, -0.1) is 0 Å². The Morgan fingerprint density at radius 3 is 2.40 bits per heavy atom.